The number of aryl methyl sites for hydroxylation is 1. The summed E-state index contributed by atoms with van der Waals surface area (Å²) in [6.07, 6.45) is 3.47. The van der Waals surface area contributed by atoms with E-state index < -0.39 is 0 Å². The van der Waals surface area contributed by atoms with Crippen LogP contribution in [0.1, 0.15) is 22.5 Å². The summed E-state index contributed by atoms with van der Waals surface area (Å²) in [6, 6.07) is 3.83. The standard InChI is InChI=1S/C15H18N4O2S/c16-14-7-11(3-4-17-14)1-2-12-8-19(5-6-21-12)15(20)13-9-22-10-18-13/h3-4,7,9-10,12H,1-2,5-6,8H2,(H2,16,17). The fourth-order valence-electron chi connectivity index (χ4n) is 2.54. The van der Waals surface area contributed by atoms with Gasteiger partial charge in [-0.15, -0.1) is 11.3 Å². The number of aromatic nitrogens is 2. The van der Waals surface area contributed by atoms with Gasteiger partial charge in [-0.1, -0.05) is 0 Å². The summed E-state index contributed by atoms with van der Waals surface area (Å²) in [6.45, 7) is 1.80. The number of nitrogen functional groups attached to an aromatic ring is 1. The third-order valence-corrected chi connectivity index (χ3v) is 4.26. The topological polar surface area (TPSA) is 81.3 Å². The number of pyridine rings is 1. The zero-order valence-corrected chi connectivity index (χ0v) is 13.0. The van der Waals surface area contributed by atoms with Gasteiger partial charge < -0.3 is 15.4 Å². The molecule has 3 heterocycles. The van der Waals surface area contributed by atoms with Gasteiger partial charge in [0.05, 0.1) is 18.2 Å². The van der Waals surface area contributed by atoms with Crippen molar-refractivity contribution in [3.8, 4) is 0 Å². The van der Waals surface area contributed by atoms with Crippen molar-refractivity contribution in [1.29, 1.82) is 0 Å². The lowest BCUT2D eigenvalue weighted by Gasteiger charge is -2.32. The normalized spacial score (nSPS) is 18.4. The average molecular weight is 318 g/mol. The van der Waals surface area contributed by atoms with Gasteiger partial charge in [-0.3, -0.25) is 4.79 Å². The van der Waals surface area contributed by atoms with Crippen molar-refractivity contribution in [2.45, 2.75) is 18.9 Å². The minimum atomic E-state index is -0.0114. The first-order chi connectivity index (χ1) is 10.7. The molecule has 0 saturated carbocycles. The molecule has 1 saturated heterocycles. The van der Waals surface area contributed by atoms with Crippen molar-refractivity contribution in [2.75, 3.05) is 25.4 Å². The van der Waals surface area contributed by atoms with E-state index in [0.29, 0.717) is 31.2 Å². The first-order valence-electron chi connectivity index (χ1n) is 7.22. The lowest BCUT2D eigenvalue weighted by atomic mass is 10.1. The second-order valence-electron chi connectivity index (χ2n) is 5.25. The summed E-state index contributed by atoms with van der Waals surface area (Å²) >= 11 is 1.43. The van der Waals surface area contributed by atoms with Gasteiger partial charge >= 0.3 is 0 Å². The smallest absolute Gasteiger partial charge is 0.273 e. The molecule has 1 unspecified atom stereocenters. The first kappa shape index (κ1) is 14.9. The van der Waals surface area contributed by atoms with Gasteiger partial charge in [-0.25, -0.2) is 9.97 Å². The molecule has 0 spiro atoms. The van der Waals surface area contributed by atoms with Crippen molar-refractivity contribution in [3.05, 3.63) is 40.5 Å². The molecule has 7 heteroatoms. The van der Waals surface area contributed by atoms with Crippen LogP contribution < -0.4 is 5.73 Å². The molecular formula is C15H18N4O2S. The zero-order valence-electron chi connectivity index (χ0n) is 12.1. The number of nitrogens with two attached hydrogens (primary N) is 1. The Hall–Kier alpha value is -1.99. The van der Waals surface area contributed by atoms with Crippen molar-refractivity contribution in [3.63, 3.8) is 0 Å². The highest BCUT2D eigenvalue weighted by Crippen LogP contribution is 2.15. The first-order valence-corrected chi connectivity index (χ1v) is 8.16. The Morgan fingerprint density at radius 3 is 3.18 bits per heavy atom. The maximum atomic E-state index is 12.3. The van der Waals surface area contributed by atoms with Crippen molar-refractivity contribution < 1.29 is 9.53 Å². The van der Waals surface area contributed by atoms with E-state index in [0.717, 1.165) is 18.4 Å². The monoisotopic (exact) mass is 318 g/mol. The molecule has 0 aliphatic carbocycles. The number of rotatable bonds is 4. The number of nitrogens with zero attached hydrogens (tertiary/aromatic N) is 3. The highest BCUT2D eigenvalue weighted by Gasteiger charge is 2.25. The highest BCUT2D eigenvalue weighted by molar-refractivity contribution is 7.07. The number of ether oxygens (including phenoxy) is 1. The van der Waals surface area contributed by atoms with Crippen LogP contribution in [0.3, 0.4) is 0 Å². The number of morpholine rings is 1. The Kier molecular flexibility index (Phi) is 4.65. The molecule has 1 aliphatic heterocycles. The Morgan fingerprint density at radius 2 is 2.41 bits per heavy atom. The van der Waals surface area contributed by atoms with Gasteiger partial charge in [0.15, 0.2) is 0 Å². The van der Waals surface area contributed by atoms with Crippen molar-refractivity contribution >= 4 is 23.1 Å². The molecular weight excluding hydrogens is 300 g/mol. The van der Waals surface area contributed by atoms with Gasteiger partial charge in [-0.05, 0) is 30.5 Å². The Balaban J connectivity index is 1.55. The molecule has 1 amide bonds. The van der Waals surface area contributed by atoms with Crippen LogP contribution in [0, 0.1) is 0 Å². The lowest BCUT2D eigenvalue weighted by Crippen LogP contribution is -2.45. The molecule has 22 heavy (non-hydrogen) atoms. The van der Waals surface area contributed by atoms with Crippen LogP contribution in [0.15, 0.2) is 29.2 Å². The summed E-state index contributed by atoms with van der Waals surface area (Å²) in [5.41, 5.74) is 9.02. The van der Waals surface area contributed by atoms with Crippen LogP contribution >= 0.6 is 11.3 Å². The number of carbonyl (C=O) groups is 1. The van der Waals surface area contributed by atoms with Crippen molar-refractivity contribution in [1.82, 2.24) is 14.9 Å². The second-order valence-corrected chi connectivity index (χ2v) is 5.96. The zero-order chi connectivity index (χ0) is 15.4. The molecule has 116 valence electrons. The lowest BCUT2D eigenvalue weighted by molar-refractivity contribution is -0.0247. The van der Waals surface area contributed by atoms with E-state index in [1.165, 1.54) is 11.3 Å². The van der Waals surface area contributed by atoms with Crippen LogP contribution in [0.4, 0.5) is 5.82 Å². The number of thiazole rings is 1. The Morgan fingerprint density at radius 1 is 1.50 bits per heavy atom. The summed E-state index contributed by atoms with van der Waals surface area (Å²) in [5.74, 6) is 0.519. The van der Waals surface area contributed by atoms with Gasteiger partial charge in [0.25, 0.3) is 5.91 Å². The summed E-state index contributed by atoms with van der Waals surface area (Å²) in [7, 11) is 0. The van der Waals surface area contributed by atoms with Gasteiger partial charge in [0, 0.05) is 24.7 Å². The fraction of sp³-hybridized carbons (Fsp3) is 0.400. The SMILES string of the molecule is Nc1cc(CCC2CN(C(=O)c3cscn3)CCO2)ccn1. The number of anilines is 1. The molecule has 2 aromatic heterocycles. The number of hydrogen-bond donors (Lipinski definition) is 1. The number of carbonyl (C=O) groups excluding carboxylic acids is 1. The average Bonchev–Trinajstić information content (AvgIpc) is 3.07. The Bertz CT molecular complexity index is 632. The van der Waals surface area contributed by atoms with Crippen molar-refractivity contribution in [2.24, 2.45) is 0 Å². The van der Waals surface area contributed by atoms with E-state index in [1.807, 2.05) is 17.0 Å². The molecule has 3 rings (SSSR count). The minimum absolute atomic E-state index is 0.0114. The molecule has 2 N–H and O–H groups in total. The molecule has 1 aliphatic rings. The van der Waals surface area contributed by atoms with Crippen LogP contribution in [0.5, 0.6) is 0 Å². The predicted molar refractivity (Wildman–Crippen MR) is 84.7 cm³/mol. The number of hydrogen-bond acceptors (Lipinski definition) is 6. The number of amides is 1. The Labute approximate surface area is 132 Å². The van der Waals surface area contributed by atoms with E-state index in [4.69, 9.17) is 10.5 Å². The van der Waals surface area contributed by atoms with E-state index in [1.54, 1.807) is 17.1 Å². The van der Waals surface area contributed by atoms with E-state index >= 15 is 0 Å². The molecule has 0 radical (unpaired) electrons. The molecule has 1 atom stereocenters. The van der Waals surface area contributed by atoms with E-state index in [-0.39, 0.29) is 12.0 Å². The second kappa shape index (κ2) is 6.85. The van der Waals surface area contributed by atoms with Crippen LogP contribution in [-0.4, -0.2) is 46.6 Å². The van der Waals surface area contributed by atoms with E-state index in [9.17, 15) is 4.79 Å². The minimum Gasteiger partial charge on any atom is -0.384 e. The summed E-state index contributed by atoms with van der Waals surface area (Å²) in [4.78, 5) is 22.2. The quantitative estimate of drug-likeness (QED) is 0.926. The molecule has 0 bridgehead atoms. The maximum absolute atomic E-state index is 12.3. The van der Waals surface area contributed by atoms with Crippen LogP contribution in [0.2, 0.25) is 0 Å². The summed E-state index contributed by atoms with van der Waals surface area (Å²) in [5, 5.41) is 1.78. The molecule has 1 fully saturated rings. The van der Waals surface area contributed by atoms with Gasteiger partial charge in [0.1, 0.15) is 11.5 Å². The summed E-state index contributed by atoms with van der Waals surface area (Å²) < 4.78 is 5.77. The maximum Gasteiger partial charge on any atom is 0.273 e. The van der Waals surface area contributed by atoms with Crippen LogP contribution in [0.25, 0.3) is 0 Å². The third-order valence-electron chi connectivity index (χ3n) is 3.68. The van der Waals surface area contributed by atoms with Gasteiger partial charge in [-0.2, -0.15) is 0 Å². The highest BCUT2D eigenvalue weighted by atomic mass is 32.1. The van der Waals surface area contributed by atoms with E-state index in [2.05, 4.69) is 9.97 Å². The molecule has 6 nitrogen and oxygen atoms in total. The van der Waals surface area contributed by atoms with Crippen LogP contribution in [-0.2, 0) is 11.2 Å². The fourth-order valence-corrected chi connectivity index (χ4v) is 3.06. The van der Waals surface area contributed by atoms with Gasteiger partial charge in [0.2, 0.25) is 0 Å². The largest absolute Gasteiger partial charge is 0.384 e. The predicted octanol–water partition coefficient (Wildman–Crippen LogP) is 1.59. The molecule has 2 aromatic rings. The molecule has 0 aromatic carbocycles. The third kappa shape index (κ3) is 3.61.